The predicted molar refractivity (Wildman–Crippen MR) is 363 cm³/mol. The van der Waals surface area contributed by atoms with Crippen LogP contribution in [0.3, 0.4) is 0 Å². The number of aryl methyl sites for hydroxylation is 2. The van der Waals surface area contributed by atoms with E-state index in [0.29, 0.717) is 41.5 Å². The van der Waals surface area contributed by atoms with Gasteiger partial charge in [-0.15, -0.1) is 0 Å². The van der Waals surface area contributed by atoms with Gasteiger partial charge in [0.1, 0.15) is 0 Å². The molecule has 3 saturated carbocycles. The van der Waals surface area contributed by atoms with Crippen LogP contribution in [-0.2, 0) is 22.4 Å². The Labute approximate surface area is 559 Å². The summed E-state index contributed by atoms with van der Waals surface area (Å²) >= 11 is 0. The van der Waals surface area contributed by atoms with Crippen LogP contribution in [0.5, 0.6) is 34.8 Å². The first-order chi connectivity index (χ1) is 46.9. The highest BCUT2D eigenvalue weighted by Gasteiger charge is 2.27. The van der Waals surface area contributed by atoms with Gasteiger partial charge in [-0.2, -0.15) is 28.6 Å². The number of hydrogen-bond acceptors (Lipinski definition) is 15. The molecule has 0 bridgehead atoms. The quantitative estimate of drug-likeness (QED) is 0.0555. The Hall–Kier alpha value is -10.4. The molecule has 3 aliphatic rings. The number of allylic oxidation sites excluding steroid dienone is 1. The molecule has 13 rings (SSSR count). The molecule has 496 valence electrons. The fraction of sp³-hybridized carbons (Fsp3) is 0.325. The third kappa shape index (κ3) is 19.6. The van der Waals surface area contributed by atoms with Crippen LogP contribution in [0.4, 0.5) is 8.78 Å². The molecule has 2 atom stereocenters. The molecule has 7 heterocycles. The van der Waals surface area contributed by atoms with Crippen LogP contribution in [0.15, 0.2) is 189 Å². The third-order valence-corrected chi connectivity index (χ3v) is 17.0. The molecule has 2 unspecified atom stereocenters. The van der Waals surface area contributed by atoms with E-state index >= 15 is 0 Å². The molecule has 0 radical (unpaired) electrons. The number of benzene rings is 3. The summed E-state index contributed by atoms with van der Waals surface area (Å²) in [7, 11) is 3.28. The molecular formula is C77H81F2N9O8. The van der Waals surface area contributed by atoms with Crippen molar-refractivity contribution in [2.45, 2.75) is 135 Å². The minimum absolute atomic E-state index is 0.0501. The Bertz CT molecular complexity index is 4100. The zero-order valence-electron chi connectivity index (χ0n) is 54.9. The van der Waals surface area contributed by atoms with E-state index in [9.17, 15) is 8.78 Å². The predicted octanol–water partition coefficient (Wildman–Crippen LogP) is 16.5. The van der Waals surface area contributed by atoms with Gasteiger partial charge in [-0.25, -0.2) is 9.97 Å². The Morgan fingerprint density at radius 1 is 0.573 bits per heavy atom. The Morgan fingerprint density at radius 3 is 1.56 bits per heavy atom. The van der Waals surface area contributed by atoms with Gasteiger partial charge >= 0.3 is 12.8 Å². The van der Waals surface area contributed by atoms with E-state index < -0.39 is 6.61 Å². The maximum atomic E-state index is 12.6. The van der Waals surface area contributed by atoms with Gasteiger partial charge in [-0.1, -0.05) is 72.7 Å². The standard InChI is InChI=1S/2C28H30N4O2.C20H21F2NO2.CO2/c1-20-6-5-7-22(16-20)25-12-15-32(31-25)26(17-21-10-13-29-14-11-21)23-18-27(28(33-2)30-19-23)34-24-8-3-4-9-24;1-20-7-9-22(10-8-20)25-13-16-32(31-25)26(17-21-11-14-29-15-12-21)23-18-27(28(33-2)30-19-23)34-24-5-3-4-6-24;1-2-16(17-7-9-23-10-8-17)11-15-5-6-18(25-20(21)22)19(12-15)24-13-14-3-4-14;2-1-3/h5-7,10-16,18-19,24,26H,3-4,8-9,17H2,1-2H3;7-16,18-19,24,26H,3-6,17H2,1-2H3;5-12,14,20H,2-4,13H2,1H3;/b;;16-11+;. The van der Waals surface area contributed by atoms with Crippen molar-refractivity contribution in [1.29, 1.82) is 0 Å². The van der Waals surface area contributed by atoms with Crippen molar-refractivity contribution in [3.63, 3.8) is 0 Å². The molecule has 0 aliphatic heterocycles. The number of nitrogens with zero attached hydrogens (tertiary/aromatic N) is 9. The molecular weight excluding hydrogens is 1220 g/mol. The first-order valence-corrected chi connectivity index (χ1v) is 32.7. The zero-order chi connectivity index (χ0) is 67.0. The minimum atomic E-state index is -2.87. The van der Waals surface area contributed by atoms with Gasteiger partial charge in [0.15, 0.2) is 23.0 Å². The fourth-order valence-electron chi connectivity index (χ4n) is 11.7. The summed E-state index contributed by atoms with van der Waals surface area (Å²) in [6.45, 7) is 3.94. The van der Waals surface area contributed by atoms with E-state index in [2.05, 4.69) is 123 Å². The number of pyridine rings is 5. The van der Waals surface area contributed by atoms with E-state index in [1.165, 1.54) is 47.9 Å². The van der Waals surface area contributed by atoms with Crippen LogP contribution in [0.2, 0.25) is 0 Å². The first-order valence-electron chi connectivity index (χ1n) is 32.7. The highest BCUT2D eigenvalue weighted by molar-refractivity contribution is 5.81. The van der Waals surface area contributed by atoms with Crippen molar-refractivity contribution < 1.29 is 46.8 Å². The van der Waals surface area contributed by atoms with Crippen LogP contribution in [0.1, 0.15) is 134 Å². The molecule has 17 nitrogen and oxygen atoms in total. The maximum absolute atomic E-state index is 12.6. The van der Waals surface area contributed by atoms with Gasteiger partial charge < -0.3 is 28.4 Å². The van der Waals surface area contributed by atoms with Crippen LogP contribution >= 0.6 is 0 Å². The summed E-state index contributed by atoms with van der Waals surface area (Å²) in [5, 5.41) is 9.93. The fourth-order valence-corrected chi connectivity index (χ4v) is 11.7. The molecule has 19 heteroatoms. The van der Waals surface area contributed by atoms with Crippen LogP contribution in [-0.4, -0.2) is 90.3 Å². The average molecular weight is 1300 g/mol. The number of methoxy groups -OCH3 is 2. The molecule has 0 amide bonds. The van der Waals surface area contributed by atoms with Gasteiger partial charge in [0.2, 0.25) is 0 Å². The molecule has 10 aromatic rings. The summed E-state index contributed by atoms with van der Waals surface area (Å²) in [6.07, 6.45) is 35.2. The first kappa shape index (κ1) is 68.5. The monoisotopic (exact) mass is 1300 g/mol. The zero-order valence-corrected chi connectivity index (χ0v) is 54.9. The molecule has 0 saturated heterocycles. The second-order valence-electron chi connectivity index (χ2n) is 24.0. The second kappa shape index (κ2) is 34.7. The summed E-state index contributed by atoms with van der Waals surface area (Å²) in [5.41, 5.74) is 14.1. The van der Waals surface area contributed by atoms with Crippen LogP contribution < -0.4 is 28.4 Å². The number of carbonyl (C=O) groups excluding carboxylic acids is 2. The topological polar surface area (TPSA) is 190 Å². The molecule has 96 heavy (non-hydrogen) atoms. The van der Waals surface area contributed by atoms with Gasteiger partial charge in [0.05, 0.1) is 56.5 Å². The van der Waals surface area contributed by atoms with Crippen LogP contribution in [0.25, 0.3) is 34.2 Å². The van der Waals surface area contributed by atoms with Crippen molar-refractivity contribution in [3.05, 3.63) is 234 Å². The maximum Gasteiger partial charge on any atom is 0.387 e. The van der Waals surface area contributed by atoms with Crippen LogP contribution in [0, 0.1) is 19.8 Å². The number of rotatable bonds is 24. The molecule has 0 spiro atoms. The highest BCUT2D eigenvalue weighted by atomic mass is 19.3. The Morgan fingerprint density at radius 2 is 1.08 bits per heavy atom. The number of ether oxygens (including phenoxy) is 6. The highest BCUT2D eigenvalue weighted by Crippen LogP contribution is 2.39. The lowest BCUT2D eigenvalue weighted by Gasteiger charge is -2.21. The van der Waals surface area contributed by atoms with Crippen molar-refractivity contribution in [3.8, 4) is 57.3 Å². The molecule has 3 fully saturated rings. The lowest BCUT2D eigenvalue weighted by molar-refractivity contribution is -0.191. The van der Waals surface area contributed by atoms with Gasteiger partial charge in [-0.3, -0.25) is 24.3 Å². The van der Waals surface area contributed by atoms with Gasteiger partial charge in [0.25, 0.3) is 11.8 Å². The van der Waals surface area contributed by atoms with Crippen molar-refractivity contribution >= 4 is 17.8 Å². The average Bonchev–Trinajstić information content (AvgIpc) is 1.55. The molecule has 0 N–H and O–H groups in total. The van der Waals surface area contributed by atoms with E-state index in [1.807, 2.05) is 101 Å². The van der Waals surface area contributed by atoms with E-state index in [1.54, 1.807) is 44.8 Å². The van der Waals surface area contributed by atoms with Gasteiger partial charge in [-0.05, 0) is 221 Å². The van der Waals surface area contributed by atoms with Crippen molar-refractivity contribution in [2.24, 2.45) is 5.92 Å². The van der Waals surface area contributed by atoms with E-state index in [4.69, 9.17) is 43.5 Å². The lowest BCUT2D eigenvalue weighted by atomic mass is 10.0. The number of alkyl halides is 2. The Kier molecular flexibility index (Phi) is 24.7. The SMILES string of the molecule is CC/C(=C\c1ccc(OC(F)F)c(OCC2CC2)c1)c1ccncc1.COc1ncc(C(Cc2ccncc2)n2ccc(-c3ccc(C)cc3)n2)cc1OC1CCCC1.COc1ncc(C(Cc2ccncc2)n2ccc(-c3cccc(C)c3)n2)cc1OC1CCCC1.O=C=O. The largest absolute Gasteiger partial charge is 0.489 e. The number of halogens is 2. The molecule has 7 aromatic heterocycles. The summed E-state index contributed by atoms with van der Waals surface area (Å²) in [4.78, 5) is 37.8. The normalized spacial score (nSPS) is 14.4. The molecule has 3 aliphatic carbocycles. The smallest absolute Gasteiger partial charge is 0.387 e. The summed E-state index contributed by atoms with van der Waals surface area (Å²) in [6, 6.07) is 42.2. The third-order valence-electron chi connectivity index (χ3n) is 17.0. The van der Waals surface area contributed by atoms with Crippen molar-refractivity contribution in [2.75, 3.05) is 20.8 Å². The number of aromatic nitrogens is 9. The van der Waals surface area contributed by atoms with E-state index in [0.717, 1.165) is 108 Å². The molecule has 3 aromatic carbocycles. The van der Waals surface area contributed by atoms with Gasteiger partial charge in [0, 0.05) is 73.1 Å². The summed E-state index contributed by atoms with van der Waals surface area (Å²) < 4.78 is 63.3. The van der Waals surface area contributed by atoms with E-state index in [-0.39, 0.29) is 36.2 Å². The van der Waals surface area contributed by atoms with Crippen molar-refractivity contribution in [1.82, 2.24) is 44.5 Å². The Balaban J connectivity index is 0.000000155. The summed E-state index contributed by atoms with van der Waals surface area (Å²) in [5.74, 6) is 3.44. The second-order valence-corrected chi connectivity index (χ2v) is 24.0. The lowest BCUT2D eigenvalue weighted by Crippen LogP contribution is -2.16. The number of hydrogen-bond donors (Lipinski definition) is 0. The minimum Gasteiger partial charge on any atom is -0.489 e.